The molecule has 0 spiro atoms. The summed E-state index contributed by atoms with van der Waals surface area (Å²) >= 11 is 3.37. The van der Waals surface area contributed by atoms with Crippen molar-refractivity contribution in [2.75, 3.05) is 6.54 Å². The van der Waals surface area contributed by atoms with Crippen molar-refractivity contribution in [3.63, 3.8) is 0 Å². The normalized spacial score (nSPS) is 11.2. The molecule has 0 fully saturated rings. The number of aromatic hydroxyl groups is 1. The van der Waals surface area contributed by atoms with Crippen molar-refractivity contribution >= 4 is 22.1 Å². The first-order valence-corrected chi connectivity index (χ1v) is 7.01. The first kappa shape index (κ1) is 14.2. The van der Waals surface area contributed by atoms with Gasteiger partial charge >= 0.3 is 0 Å². The molecule has 1 N–H and O–H groups in total. The summed E-state index contributed by atoms with van der Waals surface area (Å²) in [6.45, 7) is 3.06. The Morgan fingerprint density at radius 3 is 2.76 bits per heavy atom. The molecule has 1 aromatic rings. The standard InChI is InChI=1S/C14H20BrNO/c1-2-3-4-5-6-9-16-11-12-10-13(15)7-8-14(12)17/h7-8,10-11,17H,2-6,9H2,1H3. The van der Waals surface area contributed by atoms with E-state index < -0.39 is 0 Å². The van der Waals surface area contributed by atoms with E-state index in [1.54, 1.807) is 12.3 Å². The molecule has 0 heterocycles. The summed E-state index contributed by atoms with van der Waals surface area (Å²) in [5, 5.41) is 9.60. The van der Waals surface area contributed by atoms with Gasteiger partial charge in [0.1, 0.15) is 5.75 Å². The van der Waals surface area contributed by atoms with Crippen LogP contribution in [0, 0.1) is 0 Å². The predicted octanol–water partition coefficient (Wildman–Crippen LogP) is 4.54. The average Bonchev–Trinajstić information content (AvgIpc) is 2.32. The number of phenols is 1. The smallest absolute Gasteiger partial charge is 0.124 e. The minimum absolute atomic E-state index is 0.280. The van der Waals surface area contributed by atoms with Crippen LogP contribution < -0.4 is 0 Å². The van der Waals surface area contributed by atoms with E-state index in [-0.39, 0.29) is 5.75 Å². The van der Waals surface area contributed by atoms with E-state index in [0.29, 0.717) is 0 Å². The topological polar surface area (TPSA) is 32.6 Å². The van der Waals surface area contributed by atoms with Gasteiger partial charge in [0.15, 0.2) is 0 Å². The van der Waals surface area contributed by atoms with E-state index >= 15 is 0 Å². The van der Waals surface area contributed by atoms with Gasteiger partial charge in [0.25, 0.3) is 0 Å². The lowest BCUT2D eigenvalue weighted by atomic mass is 10.1. The van der Waals surface area contributed by atoms with Crippen LogP contribution in [0.4, 0.5) is 0 Å². The highest BCUT2D eigenvalue weighted by Crippen LogP contribution is 2.20. The van der Waals surface area contributed by atoms with Crippen LogP contribution in [0.15, 0.2) is 27.7 Å². The molecule has 1 rings (SSSR count). The molecule has 2 nitrogen and oxygen atoms in total. The highest BCUT2D eigenvalue weighted by Gasteiger charge is 1.97. The Morgan fingerprint density at radius 1 is 1.24 bits per heavy atom. The summed E-state index contributed by atoms with van der Waals surface area (Å²) in [5.74, 6) is 0.280. The molecule has 0 saturated carbocycles. The van der Waals surface area contributed by atoms with Gasteiger partial charge in [0, 0.05) is 22.8 Å². The van der Waals surface area contributed by atoms with Crippen molar-refractivity contribution in [2.45, 2.75) is 39.0 Å². The fourth-order valence-corrected chi connectivity index (χ4v) is 1.98. The Labute approximate surface area is 112 Å². The number of hydrogen-bond donors (Lipinski definition) is 1. The number of phenolic OH excluding ortho intramolecular Hbond substituents is 1. The second kappa shape index (κ2) is 8.29. The lowest BCUT2D eigenvalue weighted by molar-refractivity contribution is 0.474. The maximum absolute atomic E-state index is 9.60. The third-order valence-electron chi connectivity index (χ3n) is 2.61. The van der Waals surface area contributed by atoms with E-state index in [2.05, 4.69) is 27.8 Å². The third kappa shape index (κ3) is 5.87. The molecule has 94 valence electrons. The van der Waals surface area contributed by atoms with Crippen molar-refractivity contribution in [3.8, 4) is 5.75 Å². The molecule has 0 unspecified atom stereocenters. The van der Waals surface area contributed by atoms with Crippen LogP contribution in [-0.4, -0.2) is 17.9 Å². The van der Waals surface area contributed by atoms with E-state index in [0.717, 1.165) is 23.0 Å². The van der Waals surface area contributed by atoms with E-state index in [4.69, 9.17) is 0 Å². The van der Waals surface area contributed by atoms with Crippen LogP contribution in [0.3, 0.4) is 0 Å². The number of hydrogen-bond acceptors (Lipinski definition) is 2. The summed E-state index contributed by atoms with van der Waals surface area (Å²) in [5.41, 5.74) is 0.771. The Morgan fingerprint density at radius 2 is 2.00 bits per heavy atom. The van der Waals surface area contributed by atoms with Crippen LogP contribution in [0.25, 0.3) is 0 Å². The molecule has 0 atom stereocenters. The molecule has 0 aromatic heterocycles. The van der Waals surface area contributed by atoms with Crippen molar-refractivity contribution in [3.05, 3.63) is 28.2 Å². The zero-order valence-electron chi connectivity index (χ0n) is 10.3. The maximum atomic E-state index is 9.60. The molecular formula is C14H20BrNO. The largest absolute Gasteiger partial charge is 0.507 e. The van der Waals surface area contributed by atoms with E-state index in [1.165, 1.54) is 25.7 Å². The molecule has 0 aliphatic carbocycles. The number of aliphatic imine (C=N–C) groups is 1. The van der Waals surface area contributed by atoms with Gasteiger partial charge in [-0.15, -0.1) is 0 Å². The monoisotopic (exact) mass is 297 g/mol. The minimum Gasteiger partial charge on any atom is -0.507 e. The molecule has 3 heteroatoms. The highest BCUT2D eigenvalue weighted by molar-refractivity contribution is 9.10. The zero-order valence-corrected chi connectivity index (χ0v) is 11.9. The first-order valence-electron chi connectivity index (χ1n) is 6.22. The maximum Gasteiger partial charge on any atom is 0.124 e. The molecule has 0 bridgehead atoms. The summed E-state index contributed by atoms with van der Waals surface area (Å²) in [4.78, 5) is 4.34. The van der Waals surface area contributed by atoms with Gasteiger partial charge in [-0.05, 0) is 24.6 Å². The quantitative estimate of drug-likeness (QED) is 0.581. The summed E-state index contributed by atoms with van der Waals surface area (Å²) < 4.78 is 0.958. The third-order valence-corrected chi connectivity index (χ3v) is 3.10. The Balaban J connectivity index is 2.30. The highest BCUT2D eigenvalue weighted by atomic mass is 79.9. The number of benzene rings is 1. The van der Waals surface area contributed by atoms with Crippen LogP contribution >= 0.6 is 15.9 Å². The molecule has 0 saturated heterocycles. The van der Waals surface area contributed by atoms with Crippen LogP contribution in [0.2, 0.25) is 0 Å². The SMILES string of the molecule is CCCCCCCN=Cc1cc(Br)ccc1O. The number of unbranched alkanes of at least 4 members (excludes halogenated alkanes) is 4. The molecular weight excluding hydrogens is 278 g/mol. The van der Waals surface area contributed by atoms with Crippen molar-refractivity contribution in [1.82, 2.24) is 0 Å². The molecule has 1 aromatic carbocycles. The van der Waals surface area contributed by atoms with Crippen LogP contribution in [0.1, 0.15) is 44.6 Å². The fraction of sp³-hybridized carbons (Fsp3) is 0.500. The molecule has 0 amide bonds. The molecule has 0 aliphatic heterocycles. The number of nitrogens with zero attached hydrogens (tertiary/aromatic N) is 1. The fourth-order valence-electron chi connectivity index (χ4n) is 1.60. The number of rotatable bonds is 7. The lowest BCUT2D eigenvalue weighted by Gasteiger charge is -1.99. The van der Waals surface area contributed by atoms with Gasteiger partial charge < -0.3 is 5.11 Å². The van der Waals surface area contributed by atoms with Crippen molar-refractivity contribution < 1.29 is 5.11 Å². The van der Waals surface area contributed by atoms with Crippen LogP contribution in [-0.2, 0) is 0 Å². The predicted molar refractivity (Wildman–Crippen MR) is 77.0 cm³/mol. The minimum atomic E-state index is 0.280. The molecule has 0 aliphatic rings. The zero-order chi connectivity index (χ0) is 12.5. The van der Waals surface area contributed by atoms with Crippen molar-refractivity contribution in [1.29, 1.82) is 0 Å². The van der Waals surface area contributed by atoms with Gasteiger partial charge in [-0.2, -0.15) is 0 Å². The van der Waals surface area contributed by atoms with Gasteiger partial charge in [-0.25, -0.2) is 0 Å². The van der Waals surface area contributed by atoms with E-state index in [9.17, 15) is 5.11 Å². The summed E-state index contributed by atoms with van der Waals surface area (Å²) in [6.07, 6.45) is 8.01. The Bertz CT molecular complexity index is 363. The second-order valence-electron chi connectivity index (χ2n) is 4.15. The van der Waals surface area contributed by atoms with Gasteiger partial charge in [-0.1, -0.05) is 48.5 Å². The van der Waals surface area contributed by atoms with Crippen molar-refractivity contribution in [2.24, 2.45) is 4.99 Å². The van der Waals surface area contributed by atoms with E-state index in [1.807, 2.05) is 12.1 Å². The Kier molecular flexibility index (Phi) is 6.94. The van der Waals surface area contributed by atoms with Gasteiger partial charge in [-0.3, -0.25) is 4.99 Å². The van der Waals surface area contributed by atoms with Crippen LogP contribution in [0.5, 0.6) is 5.75 Å². The number of halogens is 1. The Hall–Kier alpha value is -0.830. The second-order valence-corrected chi connectivity index (χ2v) is 5.07. The summed E-state index contributed by atoms with van der Waals surface area (Å²) in [6, 6.07) is 5.36. The van der Waals surface area contributed by atoms with Gasteiger partial charge in [0.05, 0.1) is 0 Å². The first-order chi connectivity index (χ1) is 8.24. The van der Waals surface area contributed by atoms with Gasteiger partial charge in [0.2, 0.25) is 0 Å². The molecule has 0 radical (unpaired) electrons. The lowest BCUT2D eigenvalue weighted by Crippen LogP contribution is -1.87. The molecule has 17 heavy (non-hydrogen) atoms. The summed E-state index contributed by atoms with van der Waals surface area (Å²) in [7, 11) is 0. The average molecular weight is 298 g/mol.